The molecule has 26 heavy (non-hydrogen) atoms. The number of ether oxygens (including phenoxy) is 1. The van der Waals surface area contributed by atoms with Crippen LogP contribution in [0.1, 0.15) is 31.2 Å². The van der Waals surface area contributed by atoms with Crippen molar-refractivity contribution in [1.82, 2.24) is 10.3 Å². The molecule has 0 bridgehead atoms. The summed E-state index contributed by atoms with van der Waals surface area (Å²) >= 11 is 0. The van der Waals surface area contributed by atoms with Gasteiger partial charge in [-0.25, -0.2) is 5.43 Å². The number of hydrazone groups is 1. The number of amides is 2. The zero-order valence-electron chi connectivity index (χ0n) is 14.9. The standard InChI is InChI=1S/C20H23N3O3/c1-26-18-11-10-15-7-4-5-8-16(15)17(18)13-21-22-19(24)14-23-12-6-2-3-9-20(23)25/h4-5,7-8,10-11,13H,2-3,6,9,12,14H2,1H3,(H,22,24)/b21-13-. The Morgan fingerprint density at radius 1 is 1.23 bits per heavy atom. The van der Waals surface area contributed by atoms with Gasteiger partial charge in [-0.1, -0.05) is 36.8 Å². The Morgan fingerprint density at radius 3 is 2.92 bits per heavy atom. The third-order valence-corrected chi connectivity index (χ3v) is 4.54. The van der Waals surface area contributed by atoms with Crippen LogP contribution in [-0.2, 0) is 9.59 Å². The van der Waals surface area contributed by atoms with E-state index < -0.39 is 0 Å². The van der Waals surface area contributed by atoms with Crippen molar-refractivity contribution < 1.29 is 14.3 Å². The van der Waals surface area contributed by atoms with Crippen LogP contribution in [0.2, 0.25) is 0 Å². The molecule has 0 spiro atoms. The van der Waals surface area contributed by atoms with E-state index in [1.165, 1.54) is 0 Å². The van der Waals surface area contributed by atoms with Crippen molar-refractivity contribution in [2.45, 2.75) is 25.7 Å². The number of carbonyl (C=O) groups is 2. The number of rotatable bonds is 5. The van der Waals surface area contributed by atoms with Gasteiger partial charge in [-0.3, -0.25) is 9.59 Å². The molecule has 136 valence electrons. The maximum absolute atomic E-state index is 12.1. The van der Waals surface area contributed by atoms with Crippen molar-refractivity contribution in [2.24, 2.45) is 5.10 Å². The van der Waals surface area contributed by atoms with Gasteiger partial charge in [-0.05, 0) is 29.7 Å². The number of benzene rings is 2. The minimum atomic E-state index is -0.296. The first-order valence-electron chi connectivity index (χ1n) is 8.84. The fourth-order valence-electron chi connectivity index (χ4n) is 3.17. The van der Waals surface area contributed by atoms with Crippen molar-refractivity contribution in [3.8, 4) is 5.75 Å². The van der Waals surface area contributed by atoms with E-state index in [1.807, 2.05) is 36.4 Å². The van der Waals surface area contributed by atoms with Crippen molar-refractivity contribution in [3.05, 3.63) is 42.0 Å². The van der Waals surface area contributed by atoms with Crippen LogP contribution in [0.15, 0.2) is 41.5 Å². The highest BCUT2D eigenvalue weighted by Gasteiger charge is 2.18. The lowest BCUT2D eigenvalue weighted by Gasteiger charge is -2.18. The molecule has 0 radical (unpaired) electrons. The smallest absolute Gasteiger partial charge is 0.259 e. The summed E-state index contributed by atoms with van der Waals surface area (Å²) < 4.78 is 5.40. The number of fused-ring (bicyclic) bond motifs is 1. The maximum atomic E-state index is 12.1. The third-order valence-electron chi connectivity index (χ3n) is 4.54. The molecule has 2 amide bonds. The van der Waals surface area contributed by atoms with Gasteiger partial charge >= 0.3 is 0 Å². The van der Waals surface area contributed by atoms with Gasteiger partial charge in [0.05, 0.1) is 13.3 Å². The average molecular weight is 353 g/mol. The Hall–Kier alpha value is -2.89. The summed E-state index contributed by atoms with van der Waals surface area (Å²) in [5, 5.41) is 6.13. The van der Waals surface area contributed by atoms with E-state index in [4.69, 9.17) is 4.74 Å². The number of methoxy groups -OCH3 is 1. The number of hydrogen-bond acceptors (Lipinski definition) is 4. The molecule has 0 unspecified atom stereocenters. The normalized spacial score (nSPS) is 15.3. The monoisotopic (exact) mass is 353 g/mol. The minimum Gasteiger partial charge on any atom is -0.496 e. The number of carbonyl (C=O) groups excluding carboxylic acids is 2. The van der Waals surface area contributed by atoms with Crippen molar-refractivity contribution in [3.63, 3.8) is 0 Å². The zero-order valence-corrected chi connectivity index (χ0v) is 14.9. The number of likely N-dealkylation sites (tertiary alicyclic amines) is 1. The predicted octanol–water partition coefficient (Wildman–Crippen LogP) is 2.70. The quantitative estimate of drug-likeness (QED) is 0.664. The van der Waals surface area contributed by atoms with E-state index in [9.17, 15) is 9.59 Å². The molecule has 6 nitrogen and oxygen atoms in total. The molecule has 1 fully saturated rings. The van der Waals surface area contributed by atoms with Gasteiger partial charge in [0.25, 0.3) is 5.91 Å². The Bertz CT molecular complexity index is 832. The summed E-state index contributed by atoms with van der Waals surface area (Å²) in [5.74, 6) is 0.428. The van der Waals surface area contributed by atoms with Crippen LogP contribution >= 0.6 is 0 Å². The first-order chi connectivity index (χ1) is 12.7. The second-order valence-corrected chi connectivity index (χ2v) is 6.32. The maximum Gasteiger partial charge on any atom is 0.259 e. The summed E-state index contributed by atoms with van der Waals surface area (Å²) in [7, 11) is 1.60. The molecule has 1 aliphatic heterocycles. The van der Waals surface area contributed by atoms with E-state index in [0.29, 0.717) is 18.7 Å². The van der Waals surface area contributed by atoms with E-state index in [-0.39, 0.29) is 18.4 Å². The van der Waals surface area contributed by atoms with Gasteiger partial charge in [0.2, 0.25) is 5.91 Å². The van der Waals surface area contributed by atoms with E-state index in [0.717, 1.165) is 35.6 Å². The molecule has 0 atom stereocenters. The van der Waals surface area contributed by atoms with Crippen molar-refractivity contribution in [2.75, 3.05) is 20.2 Å². The van der Waals surface area contributed by atoms with Crippen LogP contribution in [0.4, 0.5) is 0 Å². The molecule has 2 aromatic carbocycles. The molecular weight excluding hydrogens is 330 g/mol. The van der Waals surface area contributed by atoms with Gasteiger partial charge in [0, 0.05) is 18.5 Å². The Kier molecular flexibility index (Phi) is 5.84. The van der Waals surface area contributed by atoms with Gasteiger partial charge in [-0.2, -0.15) is 5.10 Å². The lowest BCUT2D eigenvalue weighted by atomic mass is 10.0. The molecular formula is C20H23N3O3. The van der Waals surface area contributed by atoms with Crippen LogP contribution in [0.3, 0.4) is 0 Å². The molecule has 3 rings (SSSR count). The second kappa shape index (κ2) is 8.47. The average Bonchev–Trinajstić information content (AvgIpc) is 2.86. The SMILES string of the molecule is COc1ccc2ccccc2c1/C=N\NC(=O)CN1CCCCCC1=O. The highest BCUT2D eigenvalue weighted by Crippen LogP contribution is 2.26. The molecule has 1 aliphatic rings. The third kappa shape index (κ3) is 4.20. The van der Waals surface area contributed by atoms with Crippen LogP contribution in [0, 0.1) is 0 Å². The Labute approximate surface area is 152 Å². The summed E-state index contributed by atoms with van der Waals surface area (Å²) in [6.45, 7) is 0.677. The van der Waals surface area contributed by atoms with E-state index in [2.05, 4.69) is 10.5 Å². The molecule has 1 saturated heterocycles. The van der Waals surface area contributed by atoms with E-state index in [1.54, 1.807) is 18.2 Å². The molecule has 2 aromatic rings. The Morgan fingerprint density at radius 2 is 2.08 bits per heavy atom. The fourth-order valence-corrected chi connectivity index (χ4v) is 3.17. The largest absolute Gasteiger partial charge is 0.496 e. The van der Waals surface area contributed by atoms with Crippen LogP contribution in [0.5, 0.6) is 5.75 Å². The highest BCUT2D eigenvalue weighted by atomic mass is 16.5. The first kappa shape index (κ1) is 17.9. The molecule has 0 saturated carbocycles. The van der Waals surface area contributed by atoms with Gasteiger partial charge in [0.15, 0.2) is 0 Å². The lowest BCUT2D eigenvalue weighted by molar-refractivity contribution is -0.135. The van der Waals surface area contributed by atoms with Crippen molar-refractivity contribution >= 4 is 28.8 Å². The number of nitrogens with one attached hydrogen (secondary N) is 1. The van der Waals surface area contributed by atoms with Gasteiger partial charge in [0.1, 0.15) is 12.3 Å². The minimum absolute atomic E-state index is 0.0392. The van der Waals surface area contributed by atoms with Crippen molar-refractivity contribution in [1.29, 1.82) is 0 Å². The molecule has 0 aromatic heterocycles. The van der Waals surface area contributed by atoms with Crippen LogP contribution in [0.25, 0.3) is 10.8 Å². The molecule has 1 heterocycles. The number of nitrogens with zero attached hydrogens (tertiary/aromatic N) is 2. The predicted molar refractivity (Wildman–Crippen MR) is 101 cm³/mol. The second-order valence-electron chi connectivity index (χ2n) is 6.32. The van der Waals surface area contributed by atoms with E-state index >= 15 is 0 Å². The number of hydrogen-bond donors (Lipinski definition) is 1. The summed E-state index contributed by atoms with van der Waals surface area (Å²) in [6.07, 6.45) is 4.97. The summed E-state index contributed by atoms with van der Waals surface area (Å²) in [4.78, 5) is 25.7. The topological polar surface area (TPSA) is 71.0 Å². The fraction of sp³-hybridized carbons (Fsp3) is 0.350. The molecule has 6 heteroatoms. The lowest BCUT2D eigenvalue weighted by Crippen LogP contribution is -2.39. The highest BCUT2D eigenvalue weighted by molar-refractivity contribution is 6.02. The molecule has 0 aliphatic carbocycles. The van der Waals surface area contributed by atoms with Crippen LogP contribution < -0.4 is 10.2 Å². The Balaban J connectivity index is 1.69. The summed E-state index contributed by atoms with van der Waals surface area (Å²) in [5.41, 5.74) is 3.32. The van der Waals surface area contributed by atoms with Gasteiger partial charge in [-0.15, -0.1) is 0 Å². The summed E-state index contributed by atoms with van der Waals surface area (Å²) in [6, 6.07) is 11.8. The first-order valence-corrected chi connectivity index (χ1v) is 8.84. The van der Waals surface area contributed by atoms with Crippen LogP contribution in [-0.4, -0.2) is 43.1 Å². The molecule has 1 N–H and O–H groups in total. The zero-order chi connectivity index (χ0) is 18.4. The van der Waals surface area contributed by atoms with Gasteiger partial charge < -0.3 is 9.64 Å².